The molecular formula is C15H11F3N3+3. The van der Waals surface area contributed by atoms with Crippen molar-refractivity contribution >= 4 is 0 Å². The number of nitrogens with zero attached hydrogens (tertiary/aromatic N) is 3. The first kappa shape index (κ1) is 13.2. The Hall–Kier alpha value is -2.76. The molecule has 3 aromatic heterocycles. The number of hydrogen-bond donors (Lipinski definition) is 0. The van der Waals surface area contributed by atoms with E-state index >= 15 is 0 Å². The van der Waals surface area contributed by atoms with Crippen LogP contribution in [0.3, 0.4) is 0 Å². The van der Waals surface area contributed by atoms with E-state index < -0.39 is 0 Å². The molecule has 0 spiro atoms. The molecule has 0 saturated carbocycles. The lowest BCUT2D eigenvalue weighted by Gasteiger charge is -1.94. The molecule has 0 atom stereocenters. The molecule has 104 valence electrons. The largest absolute Gasteiger partial charge is 0.329 e. The Labute approximate surface area is 118 Å². The zero-order valence-electron chi connectivity index (χ0n) is 10.8. The summed E-state index contributed by atoms with van der Waals surface area (Å²) in [6, 6.07) is 13.4. The van der Waals surface area contributed by atoms with E-state index in [0.29, 0.717) is 9.58 Å². The van der Waals surface area contributed by atoms with Crippen LogP contribution in [-0.2, 0) is 0 Å². The Bertz CT molecular complexity index is 742. The molecule has 0 radical (unpaired) electrons. The van der Waals surface area contributed by atoms with E-state index in [0.717, 1.165) is 0 Å². The molecule has 3 aromatic rings. The lowest BCUT2D eigenvalue weighted by molar-refractivity contribution is -0.864. The van der Waals surface area contributed by atoms with Gasteiger partial charge in [-0.15, -0.1) is 0 Å². The molecule has 3 nitrogen and oxygen atoms in total. The second-order valence-corrected chi connectivity index (χ2v) is 4.37. The third kappa shape index (κ3) is 2.35. The summed E-state index contributed by atoms with van der Waals surface area (Å²) in [7, 11) is 0. The van der Waals surface area contributed by atoms with Crippen molar-refractivity contribution < 1.29 is 27.8 Å². The molecule has 0 aliphatic carbocycles. The maximum absolute atomic E-state index is 14.6. The van der Waals surface area contributed by atoms with E-state index in [2.05, 4.69) is 0 Å². The normalized spacial score (nSPS) is 10.6. The highest BCUT2D eigenvalue weighted by molar-refractivity contribution is 5.52. The van der Waals surface area contributed by atoms with Gasteiger partial charge in [-0.25, -0.2) is 0 Å². The van der Waals surface area contributed by atoms with E-state index in [-0.39, 0.29) is 27.6 Å². The Morgan fingerprint density at radius 2 is 0.952 bits per heavy atom. The van der Waals surface area contributed by atoms with Crippen LogP contribution in [-0.4, -0.2) is 0 Å². The minimum atomic E-state index is -0.0144. The molecule has 0 fully saturated rings. The Kier molecular flexibility index (Phi) is 3.35. The topological polar surface area (TPSA) is 11.6 Å². The molecule has 0 bridgehead atoms. The van der Waals surface area contributed by atoms with Gasteiger partial charge in [-0.2, -0.15) is 0 Å². The van der Waals surface area contributed by atoms with Gasteiger partial charge in [0.2, 0.25) is 12.4 Å². The summed E-state index contributed by atoms with van der Waals surface area (Å²) in [5.74, 6) is 0. The summed E-state index contributed by atoms with van der Waals surface area (Å²) < 4.78 is 42.0. The van der Waals surface area contributed by atoms with Crippen LogP contribution in [0.2, 0.25) is 0 Å². The molecule has 6 heteroatoms. The number of halogens is 3. The van der Waals surface area contributed by atoms with Gasteiger partial charge in [0.1, 0.15) is 0 Å². The first-order valence-corrected chi connectivity index (χ1v) is 6.24. The van der Waals surface area contributed by atoms with Gasteiger partial charge < -0.3 is 0 Å². The molecule has 0 amide bonds. The van der Waals surface area contributed by atoms with Gasteiger partial charge in [-0.3, -0.25) is 0 Å². The van der Waals surface area contributed by atoms with Crippen LogP contribution in [0, 0.1) is 0 Å². The fourth-order valence-electron chi connectivity index (χ4n) is 2.10. The zero-order valence-corrected chi connectivity index (χ0v) is 10.8. The van der Waals surface area contributed by atoms with E-state index in [4.69, 9.17) is 0 Å². The Balaban J connectivity index is 2.21. The van der Waals surface area contributed by atoms with Gasteiger partial charge in [-0.05, 0) is 18.2 Å². The van der Waals surface area contributed by atoms with Gasteiger partial charge in [-0.1, -0.05) is 0 Å². The lowest BCUT2D eigenvalue weighted by Crippen LogP contribution is -2.37. The van der Waals surface area contributed by atoms with Gasteiger partial charge in [0.25, 0.3) is 0 Å². The summed E-state index contributed by atoms with van der Waals surface area (Å²) in [6.45, 7) is 0. The number of aromatic nitrogens is 3. The van der Waals surface area contributed by atoms with Crippen molar-refractivity contribution in [3.8, 4) is 22.8 Å². The van der Waals surface area contributed by atoms with Crippen LogP contribution in [0.4, 0.5) is 13.4 Å². The number of pyridine rings is 3. The van der Waals surface area contributed by atoms with E-state index in [9.17, 15) is 13.4 Å². The van der Waals surface area contributed by atoms with Crippen molar-refractivity contribution in [3.63, 3.8) is 0 Å². The summed E-state index contributed by atoms with van der Waals surface area (Å²) >= 11 is 0. The van der Waals surface area contributed by atoms with E-state index in [1.165, 1.54) is 48.8 Å². The van der Waals surface area contributed by atoms with Crippen molar-refractivity contribution in [2.24, 2.45) is 0 Å². The van der Waals surface area contributed by atoms with Crippen LogP contribution >= 0.6 is 0 Å². The minimum absolute atomic E-state index is 0.0144. The van der Waals surface area contributed by atoms with Crippen LogP contribution in [0.5, 0.6) is 0 Å². The third-order valence-electron chi connectivity index (χ3n) is 3.08. The smallest absolute Gasteiger partial charge is 0.0491 e. The zero-order chi connectivity index (χ0) is 14.8. The summed E-state index contributed by atoms with van der Waals surface area (Å²) in [4.78, 5) is 0.879. The summed E-state index contributed by atoms with van der Waals surface area (Å²) in [6.07, 6.45) is 2.33. The highest BCUT2D eigenvalue weighted by atomic mass is 19.2. The van der Waals surface area contributed by atoms with Crippen LogP contribution in [0.25, 0.3) is 22.8 Å². The predicted octanol–water partition coefficient (Wildman–Crippen LogP) is 2.08. The first-order chi connectivity index (χ1) is 10.2. The monoisotopic (exact) mass is 290 g/mol. The highest BCUT2D eigenvalue weighted by Gasteiger charge is 2.32. The molecule has 21 heavy (non-hydrogen) atoms. The molecule has 0 N–H and O–H groups in total. The van der Waals surface area contributed by atoms with Gasteiger partial charge in [0.05, 0.1) is 13.4 Å². The van der Waals surface area contributed by atoms with Crippen molar-refractivity contribution in [1.29, 1.82) is 0 Å². The second-order valence-electron chi connectivity index (χ2n) is 4.37. The maximum Gasteiger partial charge on any atom is 0.329 e. The average Bonchev–Trinajstić information content (AvgIpc) is 2.49. The summed E-state index contributed by atoms with van der Waals surface area (Å²) in [5, 5.41) is 0. The summed E-state index contributed by atoms with van der Waals surface area (Å²) in [5.41, 5.74) is 0.0327. The minimum Gasteiger partial charge on any atom is -0.0491 e. The average molecular weight is 290 g/mol. The Morgan fingerprint density at radius 1 is 0.524 bits per heavy atom. The number of rotatable bonds is 2. The second kappa shape index (κ2) is 5.32. The first-order valence-electron chi connectivity index (χ1n) is 6.24. The van der Waals surface area contributed by atoms with Crippen LogP contribution in [0.15, 0.2) is 67.0 Å². The molecule has 0 aliphatic heterocycles. The standard InChI is InChI=1S/C15H11F3N3/c16-19-10-3-1-6-12(19)14-8-5-9-15(21(14)18)13-7-2-4-11-20(13)17/h1-11H/q+3. The molecule has 3 heterocycles. The van der Waals surface area contributed by atoms with Crippen molar-refractivity contribution in [3.05, 3.63) is 67.0 Å². The van der Waals surface area contributed by atoms with Crippen molar-refractivity contribution in [1.82, 2.24) is 0 Å². The molecule has 3 rings (SSSR count). The van der Waals surface area contributed by atoms with Crippen LogP contribution < -0.4 is 14.4 Å². The van der Waals surface area contributed by atoms with Crippen LogP contribution in [0.1, 0.15) is 0 Å². The maximum atomic E-state index is 14.6. The molecule has 0 unspecified atom stereocenters. The predicted molar refractivity (Wildman–Crippen MR) is 67.4 cm³/mol. The van der Waals surface area contributed by atoms with E-state index in [1.807, 2.05) is 0 Å². The number of hydrogen-bond acceptors (Lipinski definition) is 0. The molecular weight excluding hydrogens is 279 g/mol. The molecule has 0 saturated heterocycles. The SMILES string of the molecule is F[n+]1ccccc1-c1cccc(-c2cccc[n+]2F)[n+]1F. The Morgan fingerprint density at radius 3 is 1.38 bits per heavy atom. The lowest BCUT2D eigenvalue weighted by atomic mass is 10.2. The van der Waals surface area contributed by atoms with Crippen molar-refractivity contribution in [2.45, 2.75) is 0 Å². The molecule has 0 aliphatic rings. The van der Waals surface area contributed by atoms with Gasteiger partial charge in [0.15, 0.2) is 0 Å². The van der Waals surface area contributed by atoms with Gasteiger partial charge >= 0.3 is 22.8 Å². The van der Waals surface area contributed by atoms with Gasteiger partial charge in [0, 0.05) is 50.8 Å². The highest BCUT2D eigenvalue weighted by Crippen LogP contribution is 2.16. The fraction of sp³-hybridized carbons (Fsp3) is 0. The quantitative estimate of drug-likeness (QED) is 0.685. The van der Waals surface area contributed by atoms with Crippen molar-refractivity contribution in [2.75, 3.05) is 0 Å². The molecule has 0 aromatic carbocycles. The third-order valence-corrected chi connectivity index (χ3v) is 3.08. The van der Waals surface area contributed by atoms with E-state index in [1.54, 1.807) is 18.2 Å². The fourth-order valence-corrected chi connectivity index (χ4v) is 2.10.